The summed E-state index contributed by atoms with van der Waals surface area (Å²) in [7, 11) is 0. The second-order valence-corrected chi connectivity index (χ2v) is 3.79. The molecule has 1 rings (SSSR count). The van der Waals surface area contributed by atoms with Crippen molar-refractivity contribution in [1.82, 2.24) is 0 Å². The van der Waals surface area contributed by atoms with Gasteiger partial charge in [-0.05, 0) is 24.6 Å². The number of thiocarbonyl (C=S) groups is 1. The second-order valence-electron chi connectivity index (χ2n) is 2.91. The zero-order valence-electron chi connectivity index (χ0n) is 7.75. The van der Waals surface area contributed by atoms with Gasteiger partial charge < -0.3 is 11.5 Å². The minimum absolute atomic E-state index is 0.317. The van der Waals surface area contributed by atoms with Crippen molar-refractivity contribution in [3.63, 3.8) is 0 Å². The van der Waals surface area contributed by atoms with Gasteiger partial charge in [0.15, 0.2) is 0 Å². The number of rotatable bonds is 2. The minimum atomic E-state index is 0.317. The molecule has 4 heteroatoms. The van der Waals surface area contributed by atoms with E-state index in [9.17, 15) is 0 Å². The van der Waals surface area contributed by atoms with Gasteiger partial charge in [-0.25, -0.2) is 0 Å². The van der Waals surface area contributed by atoms with Gasteiger partial charge in [-0.15, -0.1) is 0 Å². The Balaban J connectivity index is 3.12. The highest BCUT2D eigenvalue weighted by Gasteiger charge is 2.03. The first-order valence-electron chi connectivity index (χ1n) is 4.04. The standard InChI is InChI=1S/C10H11ClN2S/c1-6(10(13)14)9(12)7-2-4-8(11)5-3-7/h2-5H,12H2,1H3,(H2,13,14)/b9-6+. The van der Waals surface area contributed by atoms with Gasteiger partial charge in [-0.2, -0.15) is 0 Å². The van der Waals surface area contributed by atoms with Crippen LogP contribution in [-0.4, -0.2) is 4.99 Å². The molecule has 0 spiro atoms. The lowest BCUT2D eigenvalue weighted by Gasteiger charge is -2.06. The zero-order chi connectivity index (χ0) is 10.7. The predicted molar refractivity (Wildman–Crippen MR) is 65.0 cm³/mol. The van der Waals surface area contributed by atoms with Gasteiger partial charge in [-0.1, -0.05) is 36.0 Å². The molecule has 0 aliphatic rings. The summed E-state index contributed by atoms with van der Waals surface area (Å²) >= 11 is 10.6. The molecular weight excluding hydrogens is 216 g/mol. The van der Waals surface area contributed by atoms with Crippen molar-refractivity contribution in [2.45, 2.75) is 6.92 Å². The van der Waals surface area contributed by atoms with Gasteiger partial charge in [0.05, 0.1) is 0 Å². The van der Waals surface area contributed by atoms with Crippen LogP contribution in [0.1, 0.15) is 12.5 Å². The van der Waals surface area contributed by atoms with E-state index in [-0.39, 0.29) is 0 Å². The summed E-state index contributed by atoms with van der Waals surface area (Å²) in [6.45, 7) is 1.80. The maximum absolute atomic E-state index is 5.86. The van der Waals surface area contributed by atoms with Crippen molar-refractivity contribution in [2.75, 3.05) is 0 Å². The van der Waals surface area contributed by atoms with E-state index in [0.717, 1.165) is 11.1 Å². The zero-order valence-corrected chi connectivity index (χ0v) is 9.32. The monoisotopic (exact) mass is 226 g/mol. The molecule has 0 saturated heterocycles. The normalized spacial score (nSPS) is 12.1. The minimum Gasteiger partial charge on any atom is -0.398 e. The molecule has 4 N–H and O–H groups in total. The van der Waals surface area contributed by atoms with Crippen molar-refractivity contribution in [1.29, 1.82) is 0 Å². The fraction of sp³-hybridized carbons (Fsp3) is 0.100. The van der Waals surface area contributed by atoms with E-state index in [1.54, 1.807) is 19.1 Å². The van der Waals surface area contributed by atoms with Gasteiger partial charge >= 0.3 is 0 Å². The van der Waals surface area contributed by atoms with Crippen LogP contribution in [0.2, 0.25) is 5.02 Å². The van der Waals surface area contributed by atoms with E-state index >= 15 is 0 Å². The average molecular weight is 227 g/mol. The summed E-state index contributed by atoms with van der Waals surface area (Å²) in [6, 6.07) is 7.21. The Labute approximate surface area is 93.5 Å². The van der Waals surface area contributed by atoms with E-state index in [1.807, 2.05) is 12.1 Å². The first-order chi connectivity index (χ1) is 6.52. The van der Waals surface area contributed by atoms with E-state index in [1.165, 1.54) is 0 Å². The summed E-state index contributed by atoms with van der Waals surface area (Å²) in [5, 5.41) is 0.675. The molecule has 0 saturated carbocycles. The first-order valence-corrected chi connectivity index (χ1v) is 4.83. The number of nitrogens with two attached hydrogens (primary N) is 2. The van der Waals surface area contributed by atoms with Crippen LogP contribution in [0.3, 0.4) is 0 Å². The summed E-state index contributed by atoms with van der Waals surface area (Å²) in [6.07, 6.45) is 0. The van der Waals surface area contributed by atoms with E-state index < -0.39 is 0 Å². The Morgan fingerprint density at radius 1 is 1.21 bits per heavy atom. The lowest BCUT2D eigenvalue weighted by Crippen LogP contribution is -2.14. The average Bonchev–Trinajstić information content (AvgIpc) is 2.16. The fourth-order valence-electron chi connectivity index (χ4n) is 0.979. The van der Waals surface area contributed by atoms with Crippen LogP contribution in [-0.2, 0) is 0 Å². The summed E-state index contributed by atoms with van der Waals surface area (Å²) in [4.78, 5) is 0.317. The molecule has 0 bridgehead atoms. The molecule has 0 radical (unpaired) electrons. The lowest BCUT2D eigenvalue weighted by atomic mass is 10.1. The van der Waals surface area contributed by atoms with Crippen molar-refractivity contribution >= 4 is 34.5 Å². The molecule has 2 nitrogen and oxygen atoms in total. The molecule has 0 amide bonds. The highest BCUT2D eigenvalue weighted by atomic mass is 35.5. The lowest BCUT2D eigenvalue weighted by molar-refractivity contribution is 1.44. The molecule has 0 aliphatic carbocycles. The maximum atomic E-state index is 5.86. The Hall–Kier alpha value is -1.06. The SMILES string of the molecule is C/C(C(N)=S)=C(\N)c1ccc(Cl)cc1. The Bertz CT molecular complexity index is 382. The number of halogens is 1. The molecule has 0 heterocycles. The topological polar surface area (TPSA) is 52.0 Å². The van der Waals surface area contributed by atoms with Crippen LogP contribution in [0, 0.1) is 0 Å². The molecule has 14 heavy (non-hydrogen) atoms. The molecular formula is C10H11ClN2S. The van der Waals surface area contributed by atoms with Crippen molar-refractivity contribution in [3.8, 4) is 0 Å². The quantitative estimate of drug-likeness (QED) is 0.601. The van der Waals surface area contributed by atoms with Crippen molar-refractivity contribution in [3.05, 3.63) is 40.4 Å². The van der Waals surface area contributed by atoms with Crippen LogP contribution >= 0.6 is 23.8 Å². The van der Waals surface area contributed by atoms with Crippen LogP contribution in [0.5, 0.6) is 0 Å². The van der Waals surface area contributed by atoms with Crippen molar-refractivity contribution in [2.24, 2.45) is 11.5 Å². The first kappa shape index (κ1) is 11.0. The largest absolute Gasteiger partial charge is 0.398 e. The smallest absolute Gasteiger partial charge is 0.101 e. The summed E-state index contributed by atoms with van der Waals surface area (Å²) < 4.78 is 0. The Morgan fingerprint density at radius 3 is 2.14 bits per heavy atom. The molecule has 0 unspecified atom stereocenters. The van der Waals surface area contributed by atoms with Crippen LogP contribution in [0.4, 0.5) is 0 Å². The number of benzene rings is 1. The van der Waals surface area contributed by atoms with E-state index in [4.69, 9.17) is 35.3 Å². The van der Waals surface area contributed by atoms with Gasteiger partial charge in [0.1, 0.15) is 4.99 Å². The van der Waals surface area contributed by atoms with E-state index in [2.05, 4.69) is 0 Å². The predicted octanol–water partition coefficient (Wildman–Crippen LogP) is 2.32. The van der Waals surface area contributed by atoms with Gasteiger partial charge in [0, 0.05) is 16.3 Å². The molecule has 1 aromatic rings. The highest BCUT2D eigenvalue weighted by Crippen LogP contribution is 2.16. The maximum Gasteiger partial charge on any atom is 0.101 e. The molecule has 0 aromatic heterocycles. The third-order valence-electron chi connectivity index (χ3n) is 1.93. The van der Waals surface area contributed by atoms with Gasteiger partial charge in [-0.3, -0.25) is 0 Å². The highest BCUT2D eigenvalue weighted by molar-refractivity contribution is 7.80. The van der Waals surface area contributed by atoms with Crippen LogP contribution in [0.25, 0.3) is 5.70 Å². The summed E-state index contributed by atoms with van der Waals surface area (Å²) in [5.41, 5.74) is 13.5. The molecule has 0 fully saturated rings. The van der Waals surface area contributed by atoms with Gasteiger partial charge in [0.2, 0.25) is 0 Å². The van der Waals surface area contributed by atoms with Crippen LogP contribution < -0.4 is 11.5 Å². The molecule has 0 aliphatic heterocycles. The summed E-state index contributed by atoms with van der Waals surface area (Å²) in [5.74, 6) is 0. The van der Waals surface area contributed by atoms with Crippen LogP contribution in [0.15, 0.2) is 29.8 Å². The number of hydrogen-bond acceptors (Lipinski definition) is 2. The Kier molecular flexibility index (Phi) is 3.49. The molecule has 0 atom stereocenters. The molecule has 1 aromatic carbocycles. The van der Waals surface area contributed by atoms with E-state index in [0.29, 0.717) is 15.7 Å². The second kappa shape index (κ2) is 4.44. The molecule has 74 valence electrons. The third kappa shape index (κ3) is 2.47. The van der Waals surface area contributed by atoms with Gasteiger partial charge in [0.25, 0.3) is 0 Å². The Morgan fingerprint density at radius 2 is 1.71 bits per heavy atom. The fourth-order valence-corrected chi connectivity index (χ4v) is 1.21. The number of hydrogen-bond donors (Lipinski definition) is 2. The third-order valence-corrected chi connectivity index (χ3v) is 2.49. The van der Waals surface area contributed by atoms with Crippen molar-refractivity contribution < 1.29 is 0 Å².